The van der Waals surface area contributed by atoms with Gasteiger partial charge < -0.3 is 10.1 Å². The van der Waals surface area contributed by atoms with Crippen LogP contribution in [0.25, 0.3) is 0 Å². The van der Waals surface area contributed by atoms with E-state index in [0.29, 0.717) is 24.1 Å². The standard InChI is InChI=1S/C9H10N2O3/c12-7-3-1-2-5(7)4-6-8(13)11-9(14)10-6/h2,13H,1,3-4H2,(H2,10,11,14). The molecular weight excluding hydrogens is 184 g/mol. The highest BCUT2D eigenvalue weighted by Gasteiger charge is 2.17. The highest BCUT2D eigenvalue weighted by atomic mass is 16.3. The Hall–Kier alpha value is -1.78. The summed E-state index contributed by atoms with van der Waals surface area (Å²) in [6, 6.07) is 0. The quantitative estimate of drug-likeness (QED) is 0.630. The highest BCUT2D eigenvalue weighted by molar-refractivity contribution is 5.97. The van der Waals surface area contributed by atoms with Crippen molar-refractivity contribution in [1.82, 2.24) is 9.97 Å². The minimum absolute atomic E-state index is 0.0893. The van der Waals surface area contributed by atoms with Crippen LogP contribution in [0.15, 0.2) is 16.4 Å². The number of allylic oxidation sites excluding steroid dienone is 2. The summed E-state index contributed by atoms with van der Waals surface area (Å²) in [6.45, 7) is 0. The summed E-state index contributed by atoms with van der Waals surface area (Å²) in [5.41, 5.74) is 0.579. The number of aromatic hydroxyl groups is 1. The van der Waals surface area contributed by atoms with E-state index in [-0.39, 0.29) is 11.7 Å². The van der Waals surface area contributed by atoms with Crippen LogP contribution in [0.1, 0.15) is 18.5 Å². The van der Waals surface area contributed by atoms with E-state index in [1.54, 1.807) is 0 Å². The van der Waals surface area contributed by atoms with Gasteiger partial charge in [0.15, 0.2) is 5.78 Å². The van der Waals surface area contributed by atoms with Crippen LogP contribution in [-0.4, -0.2) is 20.9 Å². The maximum Gasteiger partial charge on any atom is 0.325 e. The van der Waals surface area contributed by atoms with Gasteiger partial charge in [0.05, 0.1) is 5.69 Å². The molecule has 0 spiro atoms. The number of nitrogens with one attached hydrogen (secondary N) is 2. The van der Waals surface area contributed by atoms with Gasteiger partial charge in [-0.15, -0.1) is 0 Å². The first kappa shape index (κ1) is 8.80. The summed E-state index contributed by atoms with van der Waals surface area (Å²) in [6.07, 6.45) is 3.42. The van der Waals surface area contributed by atoms with Crippen molar-refractivity contribution in [3.05, 3.63) is 27.8 Å². The number of carbonyl (C=O) groups excluding carboxylic acids is 1. The molecule has 0 saturated carbocycles. The predicted molar refractivity (Wildman–Crippen MR) is 49.1 cm³/mol. The Morgan fingerprint density at radius 3 is 2.64 bits per heavy atom. The van der Waals surface area contributed by atoms with Crippen molar-refractivity contribution in [2.24, 2.45) is 0 Å². The van der Waals surface area contributed by atoms with Crippen molar-refractivity contribution in [1.29, 1.82) is 0 Å². The SMILES string of the molecule is O=C1CCC=C1Cc1[nH]c(=O)[nH]c1O. The summed E-state index contributed by atoms with van der Waals surface area (Å²) in [4.78, 5) is 26.7. The normalized spacial score (nSPS) is 16.0. The number of hydrogen-bond donors (Lipinski definition) is 3. The van der Waals surface area contributed by atoms with Crippen LogP contribution in [0.2, 0.25) is 0 Å². The van der Waals surface area contributed by atoms with E-state index < -0.39 is 5.69 Å². The van der Waals surface area contributed by atoms with Gasteiger partial charge in [0.2, 0.25) is 5.88 Å². The van der Waals surface area contributed by atoms with Crippen molar-refractivity contribution >= 4 is 5.78 Å². The summed E-state index contributed by atoms with van der Waals surface area (Å²) in [5.74, 6) is -0.0953. The lowest BCUT2D eigenvalue weighted by atomic mass is 10.1. The van der Waals surface area contributed by atoms with Gasteiger partial charge >= 0.3 is 5.69 Å². The van der Waals surface area contributed by atoms with Gasteiger partial charge in [-0.3, -0.25) is 9.78 Å². The van der Waals surface area contributed by atoms with Crippen LogP contribution in [0.4, 0.5) is 0 Å². The number of hydrogen-bond acceptors (Lipinski definition) is 3. The zero-order valence-electron chi connectivity index (χ0n) is 7.46. The minimum atomic E-state index is -0.455. The molecule has 1 aliphatic carbocycles. The maximum absolute atomic E-state index is 11.2. The van der Waals surface area contributed by atoms with Crippen molar-refractivity contribution in [3.8, 4) is 5.88 Å². The van der Waals surface area contributed by atoms with E-state index in [1.807, 2.05) is 6.08 Å². The average molecular weight is 194 g/mol. The third-order valence-electron chi connectivity index (χ3n) is 2.27. The lowest BCUT2D eigenvalue weighted by molar-refractivity contribution is -0.115. The zero-order valence-corrected chi connectivity index (χ0v) is 7.46. The molecule has 3 N–H and O–H groups in total. The first-order chi connectivity index (χ1) is 6.66. The van der Waals surface area contributed by atoms with Crippen LogP contribution >= 0.6 is 0 Å². The molecule has 0 bridgehead atoms. The van der Waals surface area contributed by atoms with Gasteiger partial charge in [-0.25, -0.2) is 4.79 Å². The predicted octanol–water partition coefficient (Wildman–Crippen LogP) is 0.240. The van der Waals surface area contributed by atoms with Gasteiger partial charge in [0.1, 0.15) is 0 Å². The smallest absolute Gasteiger partial charge is 0.325 e. The average Bonchev–Trinajstić information content (AvgIpc) is 2.62. The Morgan fingerprint density at radius 1 is 1.36 bits per heavy atom. The van der Waals surface area contributed by atoms with E-state index in [0.717, 1.165) is 6.42 Å². The molecule has 0 aliphatic heterocycles. The van der Waals surface area contributed by atoms with E-state index >= 15 is 0 Å². The molecule has 0 fully saturated rings. The van der Waals surface area contributed by atoms with Gasteiger partial charge in [0, 0.05) is 12.8 Å². The summed E-state index contributed by atoms with van der Waals surface area (Å²) in [5, 5.41) is 9.25. The second-order valence-electron chi connectivity index (χ2n) is 3.27. The van der Waals surface area contributed by atoms with Crippen molar-refractivity contribution in [2.75, 3.05) is 0 Å². The highest BCUT2D eigenvalue weighted by Crippen LogP contribution is 2.20. The number of carbonyl (C=O) groups is 1. The second-order valence-corrected chi connectivity index (χ2v) is 3.27. The monoisotopic (exact) mass is 194 g/mol. The zero-order chi connectivity index (χ0) is 10.1. The van der Waals surface area contributed by atoms with Gasteiger partial charge in [-0.2, -0.15) is 0 Å². The topological polar surface area (TPSA) is 86.0 Å². The molecular formula is C9H10N2O3. The van der Waals surface area contributed by atoms with Crippen molar-refractivity contribution in [2.45, 2.75) is 19.3 Å². The molecule has 0 aromatic carbocycles. The summed E-state index contributed by atoms with van der Waals surface area (Å²) in [7, 11) is 0. The van der Waals surface area contributed by atoms with Gasteiger partial charge in [0.25, 0.3) is 0 Å². The number of Topliss-reactive ketones (excluding diaryl/α,β-unsaturated/α-hetero) is 1. The molecule has 14 heavy (non-hydrogen) atoms. The molecule has 0 unspecified atom stereocenters. The number of aromatic amines is 2. The van der Waals surface area contributed by atoms with Crippen molar-refractivity contribution < 1.29 is 9.90 Å². The molecule has 1 aromatic heterocycles. The minimum Gasteiger partial charge on any atom is -0.493 e. The van der Waals surface area contributed by atoms with Crippen LogP contribution in [0.3, 0.4) is 0 Å². The largest absolute Gasteiger partial charge is 0.493 e. The molecule has 1 aromatic rings. The van der Waals surface area contributed by atoms with Crippen LogP contribution in [-0.2, 0) is 11.2 Å². The molecule has 0 atom stereocenters. The fourth-order valence-corrected chi connectivity index (χ4v) is 1.55. The third-order valence-corrected chi connectivity index (χ3v) is 2.27. The summed E-state index contributed by atoms with van der Waals surface area (Å²) >= 11 is 0. The number of imidazole rings is 1. The van der Waals surface area contributed by atoms with Crippen molar-refractivity contribution in [3.63, 3.8) is 0 Å². The number of ketones is 1. The van der Waals surface area contributed by atoms with Gasteiger partial charge in [-0.05, 0) is 12.0 Å². The Morgan fingerprint density at radius 2 is 2.14 bits per heavy atom. The third kappa shape index (κ3) is 1.48. The molecule has 74 valence electrons. The second kappa shape index (κ2) is 3.17. The first-order valence-electron chi connectivity index (χ1n) is 4.39. The molecule has 2 rings (SSSR count). The fraction of sp³-hybridized carbons (Fsp3) is 0.333. The maximum atomic E-state index is 11.2. The van der Waals surface area contributed by atoms with Crippen LogP contribution in [0, 0.1) is 0 Å². The first-order valence-corrected chi connectivity index (χ1v) is 4.39. The molecule has 1 heterocycles. The molecule has 0 saturated heterocycles. The Bertz CT molecular complexity index is 453. The summed E-state index contributed by atoms with van der Waals surface area (Å²) < 4.78 is 0. The number of H-pyrrole nitrogens is 2. The molecule has 1 aliphatic rings. The molecule has 0 amide bonds. The fourth-order valence-electron chi connectivity index (χ4n) is 1.55. The molecule has 0 radical (unpaired) electrons. The Labute approximate surface area is 79.5 Å². The van der Waals surface area contributed by atoms with Crippen LogP contribution < -0.4 is 5.69 Å². The lowest BCUT2D eigenvalue weighted by Crippen LogP contribution is -2.03. The Balaban J connectivity index is 2.22. The lowest BCUT2D eigenvalue weighted by Gasteiger charge is -1.97. The number of aromatic nitrogens is 2. The number of rotatable bonds is 2. The Kier molecular flexibility index (Phi) is 1.99. The van der Waals surface area contributed by atoms with E-state index in [2.05, 4.69) is 9.97 Å². The van der Waals surface area contributed by atoms with E-state index in [9.17, 15) is 14.7 Å². The molecule has 5 heteroatoms. The van der Waals surface area contributed by atoms with Crippen LogP contribution in [0.5, 0.6) is 5.88 Å². The van der Waals surface area contributed by atoms with Gasteiger partial charge in [-0.1, -0.05) is 6.08 Å². The van der Waals surface area contributed by atoms with E-state index in [1.165, 1.54) is 0 Å². The van der Waals surface area contributed by atoms with E-state index in [4.69, 9.17) is 0 Å². The molecule has 5 nitrogen and oxygen atoms in total.